The average molecular weight is 264 g/mol. The van der Waals surface area contributed by atoms with Crippen LogP contribution in [0.5, 0.6) is 0 Å². The maximum atomic E-state index is 11.9. The SMILES string of the molecule is O=C1CCCCCC/C=C/CCCCCC/C1=C\O. The largest absolute Gasteiger partial charge is 0.515 e. The van der Waals surface area contributed by atoms with Crippen molar-refractivity contribution in [1.82, 2.24) is 0 Å². The Bertz CT molecular complexity index is 302. The second kappa shape index (κ2) is 10.8. The van der Waals surface area contributed by atoms with Crippen LogP contribution in [0, 0.1) is 0 Å². The highest BCUT2D eigenvalue weighted by Crippen LogP contribution is 2.16. The number of hydrogen-bond acceptors (Lipinski definition) is 2. The van der Waals surface area contributed by atoms with Gasteiger partial charge in [0, 0.05) is 12.0 Å². The van der Waals surface area contributed by atoms with Gasteiger partial charge in [0.15, 0.2) is 5.78 Å². The van der Waals surface area contributed by atoms with Crippen molar-refractivity contribution in [3.05, 3.63) is 24.0 Å². The molecule has 0 saturated heterocycles. The molecule has 0 atom stereocenters. The molecule has 0 spiro atoms. The van der Waals surface area contributed by atoms with Crippen LogP contribution < -0.4 is 0 Å². The van der Waals surface area contributed by atoms with Gasteiger partial charge in [0.05, 0.1) is 6.26 Å². The van der Waals surface area contributed by atoms with E-state index < -0.39 is 0 Å². The van der Waals surface area contributed by atoms with E-state index in [2.05, 4.69) is 12.2 Å². The van der Waals surface area contributed by atoms with Gasteiger partial charge in [-0.25, -0.2) is 0 Å². The minimum Gasteiger partial charge on any atom is -0.515 e. The minimum absolute atomic E-state index is 0.148. The lowest BCUT2D eigenvalue weighted by atomic mass is 9.99. The minimum atomic E-state index is 0.148. The quantitative estimate of drug-likeness (QED) is 0.368. The second-order valence-corrected chi connectivity index (χ2v) is 5.45. The summed E-state index contributed by atoms with van der Waals surface area (Å²) >= 11 is 0. The topological polar surface area (TPSA) is 37.3 Å². The van der Waals surface area contributed by atoms with E-state index in [1.165, 1.54) is 38.5 Å². The Labute approximate surface area is 117 Å². The number of hydrogen-bond donors (Lipinski definition) is 1. The highest BCUT2D eigenvalue weighted by Gasteiger charge is 2.09. The number of carbonyl (C=O) groups is 1. The van der Waals surface area contributed by atoms with Crippen LogP contribution >= 0.6 is 0 Å². The summed E-state index contributed by atoms with van der Waals surface area (Å²) in [7, 11) is 0. The van der Waals surface area contributed by atoms with Gasteiger partial charge in [-0.15, -0.1) is 0 Å². The Balaban J connectivity index is 2.39. The highest BCUT2D eigenvalue weighted by molar-refractivity contribution is 5.94. The molecule has 0 amide bonds. The van der Waals surface area contributed by atoms with Gasteiger partial charge in [0.1, 0.15) is 0 Å². The summed E-state index contributed by atoms with van der Waals surface area (Å²) in [5, 5.41) is 9.16. The molecular formula is C17H28O2. The third-order valence-corrected chi connectivity index (χ3v) is 3.77. The van der Waals surface area contributed by atoms with E-state index >= 15 is 0 Å². The van der Waals surface area contributed by atoms with Crippen LogP contribution in [0.3, 0.4) is 0 Å². The number of Topliss-reactive ketones (excluding diaryl/α,β-unsaturated/α-hetero) is 1. The molecule has 0 bridgehead atoms. The Morgan fingerprint density at radius 1 is 0.789 bits per heavy atom. The summed E-state index contributed by atoms with van der Waals surface area (Å²) in [6.45, 7) is 0. The third kappa shape index (κ3) is 7.86. The van der Waals surface area contributed by atoms with Gasteiger partial charge in [-0.05, 0) is 44.9 Å². The number of carbonyl (C=O) groups excluding carboxylic acids is 1. The first-order chi connectivity index (χ1) is 9.34. The zero-order chi connectivity index (χ0) is 13.8. The monoisotopic (exact) mass is 264 g/mol. The van der Waals surface area contributed by atoms with Gasteiger partial charge >= 0.3 is 0 Å². The van der Waals surface area contributed by atoms with Gasteiger partial charge in [0.25, 0.3) is 0 Å². The van der Waals surface area contributed by atoms with Crippen LogP contribution in [-0.2, 0) is 4.79 Å². The lowest BCUT2D eigenvalue weighted by molar-refractivity contribution is -0.115. The number of allylic oxidation sites excluding steroid dienone is 3. The van der Waals surface area contributed by atoms with E-state index in [0.717, 1.165) is 38.4 Å². The zero-order valence-electron chi connectivity index (χ0n) is 12.1. The van der Waals surface area contributed by atoms with Crippen molar-refractivity contribution in [3.8, 4) is 0 Å². The van der Waals surface area contributed by atoms with E-state index in [0.29, 0.717) is 12.0 Å². The standard InChI is InChI=1S/C17H28O2/c18-15-16-13-11-9-7-5-3-1-2-4-6-8-10-12-14-17(16)19/h1-2,15,18H,3-14H2/b2-1+,16-15+. The van der Waals surface area contributed by atoms with Crippen molar-refractivity contribution < 1.29 is 9.90 Å². The summed E-state index contributed by atoms with van der Waals surface area (Å²) in [5.74, 6) is 0.148. The number of rotatable bonds is 0. The maximum absolute atomic E-state index is 11.9. The van der Waals surface area contributed by atoms with E-state index in [-0.39, 0.29) is 5.78 Å². The third-order valence-electron chi connectivity index (χ3n) is 3.77. The first-order valence-corrected chi connectivity index (χ1v) is 7.86. The van der Waals surface area contributed by atoms with E-state index in [4.69, 9.17) is 5.11 Å². The molecule has 0 aromatic heterocycles. The van der Waals surface area contributed by atoms with Crippen LogP contribution in [0.25, 0.3) is 0 Å². The van der Waals surface area contributed by atoms with Crippen LogP contribution in [0.2, 0.25) is 0 Å². The molecule has 2 heteroatoms. The predicted octanol–water partition coefficient (Wildman–Crippen LogP) is 5.25. The van der Waals surface area contributed by atoms with Crippen LogP contribution in [0.4, 0.5) is 0 Å². The first-order valence-electron chi connectivity index (χ1n) is 7.86. The first kappa shape index (κ1) is 16.0. The Morgan fingerprint density at radius 3 is 1.89 bits per heavy atom. The maximum Gasteiger partial charge on any atom is 0.161 e. The molecule has 0 radical (unpaired) electrons. The summed E-state index contributed by atoms with van der Waals surface area (Å²) in [6.07, 6.45) is 18.5. The number of aliphatic hydroxyl groups excluding tert-OH is 1. The van der Waals surface area contributed by atoms with Crippen molar-refractivity contribution in [3.63, 3.8) is 0 Å². The molecule has 0 aromatic carbocycles. The molecular weight excluding hydrogens is 236 g/mol. The van der Waals surface area contributed by atoms with Gasteiger partial charge in [0.2, 0.25) is 0 Å². The molecule has 0 unspecified atom stereocenters. The molecule has 19 heavy (non-hydrogen) atoms. The molecule has 0 saturated carbocycles. The Morgan fingerprint density at radius 2 is 1.32 bits per heavy atom. The molecule has 0 aliphatic heterocycles. The summed E-state index contributed by atoms with van der Waals surface area (Å²) in [4.78, 5) is 11.9. The molecule has 0 heterocycles. The summed E-state index contributed by atoms with van der Waals surface area (Å²) in [6, 6.07) is 0. The second-order valence-electron chi connectivity index (χ2n) is 5.45. The Kier molecular flexibility index (Phi) is 9.13. The van der Waals surface area contributed by atoms with Gasteiger partial charge in [-0.1, -0.05) is 37.8 Å². The molecule has 1 aliphatic rings. The zero-order valence-corrected chi connectivity index (χ0v) is 12.1. The van der Waals surface area contributed by atoms with Crippen molar-refractivity contribution in [2.75, 3.05) is 0 Å². The van der Waals surface area contributed by atoms with Gasteiger partial charge in [-0.3, -0.25) is 4.79 Å². The smallest absolute Gasteiger partial charge is 0.161 e. The molecule has 1 rings (SSSR count). The summed E-state index contributed by atoms with van der Waals surface area (Å²) < 4.78 is 0. The van der Waals surface area contributed by atoms with E-state index in [1.54, 1.807) is 0 Å². The van der Waals surface area contributed by atoms with Crippen LogP contribution in [-0.4, -0.2) is 10.9 Å². The van der Waals surface area contributed by atoms with Gasteiger partial charge in [-0.2, -0.15) is 0 Å². The average Bonchev–Trinajstić information content (AvgIpc) is 2.42. The number of ketones is 1. The fourth-order valence-electron chi connectivity index (χ4n) is 2.50. The summed E-state index contributed by atoms with van der Waals surface area (Å²) in [5.41, 5.74) is 0.631. The van der Waals surface area contributed by atoms with Crippen LogP contribution in [0.1, 0.15) is 77.0 Å². The number of aliphatic hydroxyl groups is 1. The van der Waals surface area contributed by atoms with Crippen molar-refractivity contribution in [2.24, 2.45) is 0 Å². The Hall–Kier alpha value is -1.05. The fourth-order valence-corrected chi connectivity index (χ4v) is 2.50. The molecule has 0 fully saturated rings. The molecule has 1 aliphatic carbocycles. The van der Waals surface area contributed by atoms with E-state index in [9.17, 15) is 4.79 Å². The van der Waals surface area contributed by atoms with Crippen LogP contribution in [0.15, 0.2) is 24.0 Å². The lowest BCUT2D eigenvalue weighted by Crippen LogP contribution is -2.03. The molecule has 2 nitrogen and oxygen atoms in total. The predicted molar refractivity (Wildman–Crippen MR) is 80.3 cm³/mol. The highest BCUT2D eigenvalue weighted by atomic mass is 16.2. The molecule has 1 N–H and O–H groups in total. The fraction of sp³-hybridized carbons (Fsp3) is 0.706. The van der Waals surface area contributed by atoms with Crippen molar-refractivity contribution >= 4 is 5.78 Å². The van der Waals surface area contributed by atoms with Crippen molar-refractivity contribution in [1.29, 1.82) is 0 Å². The normalized spacial score (nSPS) is 25.3. The van der Waals surface area contributed by atoms with Crippen molar-refractivity contribution in [2.45, 2.75) is 77.0 Å². The molecule has 0 aromatic rings. The lowest BCUT2D eigenvalue weighted by Gasteiger charge is -2.06. The van der Waals surface area contributed by atoms with E-state index in [1.807, 2.05) is 0 Å². The van der Waals surface area contributed by atoms with Gasteiger partial charge < -0.3 is 5.11 Å². The molecule has 108 valence electrons.